The highest BCUT2D eigenvalue weighted by Crippen LogP contribution is 2.32. The Morgan fingerprint density at radius 3 is 2.36 bits per heavy atom. The second-order valence-electron chi connectivity index (χ2n) is 5.56. The van der Waals surface area contributed by atoms with Crippen molar-refractivity contribution in [3.05, 3.63) is 29.8 Å². The van der Waals surface area contributed by atoms with Gasteiger partial charge in [-0.3, -0.25) is 0 Å². The Hall–Kier alpha value is -1.12. The normalized spacial score (nSPS) is 24.4. The summed E-state index contributed by atoms with van der Waals surface area (Å²) in [5, 5.41) is 0. The molecule has 1 fully saturated rings. The highest BCUT2D eigenvalue weighted by Gasteiger charge is 2.37. The van der Waals surface area contributed by atoms with E-state index in [0.29, 0.717) is 6.54 Å². The van der Waals surface area contributed by atoms with Crippen LogP contribution in [0.25, 0.3) is 0 Å². The first-order chi connectivity index (χ1) is 10.2. The van der Waals surface area contributed by atoms with Crippen molar-refractivity contribution in [3.8, 4) is 0 Å². The van der Waals surface area contributed by atoms with Gasteiger partial charge in [-0.25, -0.2) is 8.42 Å². The summed E-state index contributed by atoms with van der Waals surface area (Å²) in [6, 6.07) is 3.27. The van der Waals surface area contributed by atoms with E-state index in [2.05, 4.69) is 0 Å². The number of sulfonamides is 1. The third-order valence-corrected chi connectivity index (χ3v) is 6.03. The van der Waals surface area contributed by atoms with Crippen molar-refractivity contribution < 1.29 is 21.6 Å². The molecule has 1 aromatic carbocycles. The molecule has 0 bridgehead atoms. The molecule has 1 heterocycles. The number of nitrogens with two attached hydrogens (primary N) is 1. The highest BCUT2D eigenvalue weighted by molar-refractivity contribution is 7.89. The molecule has 22 heavy (non-hydrogen) atoms. The van der Waals surface area contributed by atoms with Crippen molar-refractivity contribution in [2.75, 3.05) is 13.1 Å². The fraction of sp³-hybridized carbons (Fsp3) is 0.571. The van der Waals surface area contributed by atoms with Gasteiger partial charge in [-0.15, -0.1) is 0 Å². The molecule has 2 rings (SSSR count). The van der Waals surface area contributed by atoms with Crippen molar-refractivity contribution in [1.29, 1.82) is 0 Å². The number of piperidine rings is 1. The average molecular weight is 336 g/mol. The highest BCUT2D eigenvalue weighted by atomic mass is 32.2. The summed E-state index contributed by atoms with van der Waals surface area (Å²) < 4.78 is 64.3. The molecule has 0 aromatic heterocycles. The number of alkyl halides is 3. The first-order valence-electron chi connectivity index (χ1n) is 7.07. The minimum Gasteiger partial charge on any atom is -0.329 e. The molecule has 0 radical (unpaired) electrons. The summed E-state index contributed by atoms with van der Waals surface area (Å²) >= 11 is 0. The Kier molecular flexibility index (Phi) is 4.84. The second-order valence-corrected chi connectivity index (χ2v) is 7.45. The Morgan fingerprint density at radius 1 is 1.27 bits per heavy atom. The second kappa shape index (κ2) is 6.17. The van der Waals surface area contributed by atoms with E-state index in [1.54, 1.807) is 0 Å². The lowest BCUT2D eigenvalue weighted by atomic mass is 9.93. The van der Waals surface area contributed by atoms with E-state index < -0.39 is 21.8 Å². The van der Waals surface area contributed by atoms with Gasteiger partial charge in [0.1, 0.15) is 0 Å². The fourth-order valence-corrected chi connectivity index (χ4v) is 4.58. The molecule has 2 N–H and O–H groups in total. The minimum absolute atomic E-state index is 0.128. The Balaban J connectivity index is 2.33. The maximum absolute atomic E-state index is 12.7. The van der Waals surface area contributed by atoms with Crippen LogP contribution in [0.15, 0.2) is 29.2 Å². The van der Waals surface area contributed by atoms with Gasteiger partial charge in [0.15, 0.2) is 0 Å². The zero-order valence-electron chi connectivity index (χ0n) is 12.2. The summed E-state index contributed by atoms with van der Waals surface area (Å²) in [6.45, 7) is 2.47. The van der Waals surface area contributed by atoms with Gasteiger partial charge in [0.25, 0.3) is 0 Å². The Labute approximate surface area is 128 Å². The summed E-state index contributed by atoms with van der Waals surface area (Å²) in [7, 11) is -3.83. The van der Waals surface area contributed by atoms with Gasteiger partial charge in [-0.1, -0.05) is 6.92 Å². The topological polar surface area (TPSA) is 63.4 Å². The largest absolute Gasteiger partial charge is 0.416 e. The third kappa shape index (κ3) is 3.28. The van der Waals surface area contributed by atoms with Crippen molar-refractivity contribution in [3.63, 3.8) is 0 Å². The van der Waals surface area contributed by atoms with E-state index in [0.717, 1.165) is 37.1 Å². The third-order valence-electron chi connectivity index (χ3n) is 4.09. The predicted octanol–water partition coefficient (Wildman–Crippen LogP) is 2.45. The molecule has 4 nitrogen and oxygen atoms in total. The molecule has 2 atom stereocenters. The van der Waals surface area contributed by atoms with Crippen LogP contribution in [0.2, 0.25) is 0 Å². The number of benzene rings is 1. The number of hydrogen-bond acceptors (Lipinski definition) is 3. The van der Waals surface area contributed by atoms with Crippen LogP contribution < -0.4 is 5.73 Å². The summed E-state index contributed by atoms with van der Waals surface area (Å²) in [5.41, 5.74) is 4.82. The molecule has 2 unspecified atom stereocenters. The number of rotatable bonds is 3. The van der Waals surface area contributed by atoms with Gasteiger partial charge in [-0.05, 0) is 43.0 Å². The monoisotopic (exact) mass is 336 g/mol. The molecule has 0 spiro atoms. The van der Waals surface area contributed by atoms with Crippen LogP contribution in [0, 0.1) is 5.92 Å². The quantitative estimate of drug-likeness (QED) is 0.922. The van der Waals surface area contributed by atoms with Crippen molar-refractivity contribution in [1.82, 2.24) is 4.31 Å². The SMILES string of the molecule is CC1CCCN(S(=O)(=O)c2ccc(C(F)(F)F)cc2)C1CN. The van der Waals surface area contributed by atoms with E-state index in [1.807, 2.05) is 6.92 Å². The molecule has 0 amide bonds. The molecule has 1 aliphatic rings. The van der Waals surface area contributed by atoms with Crippen LogP contribution in [0.1, 0.15) is 25.3 Å². The van der Waals surface area contributed by atoms with Gasteiger partial charge in [-0.2, -0.15) is 17.5 Å². The van der Waals surface area contributed by atoms with Crippen LogP contribution in [0.5, 0.6) is 0 Å². The van der Waals surface area contributed by atoms with Crippen LogP contribution in [-0.4, -0.2) is 31.9 Å². The predicted molar refractivity (Wildman–Crippen MR) is 76.6 cm³/mol. The van der Waals surface area contributed by atoms with E-state index in [1.165, 1.54) is 4.31 Å². The number of nitrogens with zero attached hydrogens (tertiary/aromatic N) is 1. The zero-order chi connectivity index (χ0) is 16.5. The first kappa shape index (κ1) is 17.2. The van der Waals surface area contributed by atoms with E-state index in [4.69, 9.17) is 5.73 Å². The van der Waals surface area contributed by atoms with Gasteiger partial charge >= 0.3 is 6.18 Å². The first-order valence-corrected chi connectivity index (χ1v) is 8.51. The van der Waals surface area contributed by atoms with Crippen LogP contribution in [0.3, 0.4) is 0 Å². The maximum Gasteiger partial charge on any atom is 0.416 e. The van der Waals surface area contributed by atoms with Gasteiger partial charge in [0.2, 0.25) is 10.0 Å². The van der Waals surface area contributed by atoms with Crippen LogP contribution in [0.4, 0.5) is 13.2 Å². The summed E-state index contributed by atoms with van der Waals surface area (Å²) in [6.07, 6.45) is -2.87. The van der Waals surface area contributed by atoms with Crippen LogP contribution in [-0.2, 0) is 16.2 Å². The van der Waals surface area contributed by atoms with Crippen molar-refractivity contribution in [2.24, 2.45) is 11.7 Å². The van der Waals surface area contributed by atoms with E-state index in [-0.39, 0.29) is 23.4 Å². The minimum atomic E-state index is -4.48. The lowest BCUT2D eigenvalue weighted by Gasteiger charge is -2.38. The molecule has 1 aliphatic heterocycles. The molecule has 1 saturated heterocycles. The van der Waals surface area contributed by atoms with Gasteiger partial charge in [0, 0.05) is 19.1 Å². The number of halogens is 3. The zero-order valence-corrected chi connectivity index (χ0v) is 13.0. The van der Waals surface area contributed by atoms with E-state index >= 15 is 0 Å². The molecule has 124 valence electrons. The molecule has 0 aliphatic carbocycles. The molecule has 8 heteroatoms. The van der Waals surface area contributed by atoms with Crippen LogP contribution >= 0.6 is 0 Å². The standard InChI is InChI=1S/C14H19F3N2O2S/c1-10-3-2-8-19(13(10)9-18)22(20,21)12-6-4-11(5-7-12)14(15,16)17/h4-7,10,13H,2-3,8-9,18H2,1H3. The fourth-order valence-electron chi connectivity index (χ4n) is 2.81. The summed E-state index contributed by atoms with van der Waals surface area (Å²) in [4.78, 5) is -0.131. The van der Waals surface area contributed by atoms with E-state index in [9.17, 15) is 21.6 Å². The Bertz CT molecular complexity index is 614. The van der Waals surface area contributed by atoms with Crippen molar-refractivity contribution in [2.45, 2.75) is 36.9 Å². The number of hydrogen-bond donors (Lipinski definition) is 1. The lowest BCUT2D eigenvalue weighted by molar-refractivity contribution is -0.137. The molecule has 0 saturated carbocycles. The summed E-state index contributed by atoms with van der Waals surface area (Å²) in [5.74, 6) is 0.128. The van der Waals surface area contributed by atoms with Gasteiger partial charge in [0.05, 0.1) is 10.5 Å². The lowest BCUT2D eigenvalue weighted by Crippen LogP contribution is -2.51. The van der Waals surface area contributed by atoms with Gasteiger partial charge < -0.3 is 5.73 Å². The average Bonchev–Trinajstić information content (AvgIpc) is 2.46. The molecule has 1 aromatic rings. The molecular weight excluding hydrogens is 317 g/mol. The maximum atomic E-state index is 12.7. The molecular formula is C14H19F3N2O2S. The Morgan fingerprint density at radius 2 is 1.86 bits per heavy atom. The smallest absolute Gasteiger partial charge is 0.329 e. The van der Waals surface area contributed by atoms with Crippen molar-refractivity contribution >= 4 is 10.0 Å².